The molecule has 1 amide bonds. The van der Waals surface area contributed by atoms with E-state index in [2.05, 4.69) is 15.2 Å². The molecule has 6 heteroatoms. The second-order valence-electron chi connectivity index (χ2n) is 4.91. The number of nitrogens with one attached hydrogen (secondary N) is 1. The van der Waals surface area contributed by atoms with Gasteiger partial charge in [0, 0.05) is 26.2 Å². The average molecular weight is 297 g/mol. The zero-order valence-electron chi connectivity index (χ0n) is 11.7. The molecule has 0 saturated carbocycles. The Morgan fingerprint density at radius 2 is 2.00 bits per heavy atom. The monoisotopic (exact) mass is 296 g/mol. The Kier molecular flexibility index (Phi) is 5.23. The van der Waals surface area contributed by atoms with Gasteiger partial charge in [0.15, 0.2) is 0 Å². The lowest BCUT2D eigenvalue weighted by Crippen LogP contribution is -2.55. The zero-order chi connectivity index (χ0) is 14.5. The molecule has 3 N–H and O–H groups in total. The molecule has 0 spiro atoms. The van der Waals surface area contributed by atoms with Crippen LogP contribution in [-0.4, -0.2) is 43.0 Å². The van der Waals surface area contributed by atoms with Crippen LogP contribution in [0.1, 0.15) is 13.3 Å². The minimum absolute atomic E-state index is 0.112. The third-order valence-corrected chi connectivity index (χ3v) is 4.10. The van der Waals surface area contributed by atoms with E-state index >= 15 is 0 Å². The van der Waals surface area contributed by atoms with Crippen LogP contribution < -0.4 is 16.2 Å². The normalized spacial score (nSPS) is 17.9. The number of halogens is 1. The summed E-state index contributed by atoms with van der Waals surface area (Å²) >= 11 is 6.22. The Bertz CT molecular complexity index is 460. The standard InChI is InChI=1S/C14H21ClN4O/c1-2-12(14(20)17-16)18-7-9-19(10-8-18)13-6-4-3-5-11(13)15/h3-6,12H,2,7-10,16H2,1H3,(H,17,20). The number of amides is 1. The van der Waals surface area contributed by atoms with Gasteiger partial charge in [-0.15, -0.1) is 0 Å². The minimum Gasteiger partial charge on any atom is -0.368 e. The molecule has 0 radical (unpaired) electrons. The molecular formula is C14H21ClN4O. The van der Waals surface area contributed by atoms with Gasteiger partial charge in [0.05, 0.1) is 16.8 Å². The first-order valence-electron chi connectivity index (χ1n) is 6.91. The molecule has 0 bridgehead atoms. The zero-order valence-corrected chi connectivity index (χ0v) is 12.4. The third kappa shape index (κ3) is 3.23. The van der Waals surface area contributed by atoms with Crippen molar-refractivity contribution < 1.29 is 4.79 Å². The quantitative estimate of drug-likeness (QED) is 0.498. The van der Waals surface area contributed by atoms with E-state index < -0.39 is 0 Å². The Morgan fingerprint density at radius 1 is 1.35 bits per heavy atom. The van der Waals surface area contributed by atoms with Crippen LogP contribution in [-0.2, 0) is 4.79 Å². The van der Waals surface area contributed by atoms with Crippen molar-refractivity contribution in [3.05, 3.63) is 29.3 Å². The topological polar surface area (TPSA) is 61.6 Å². The molecular weight excluding hydrogens is 276 g/mol. The van der Waals surface area contributed by atoms with Crippen molar-refractivity contribution in [1.29, 1.82) is 0 Å². The lowest BCUT2D eigenvalue weighted by atomic mass is 10.1. The maximum absolute atomic E-state index is 11.7. The van der Waals surface area contributed by atoms with Crippen LogP contribution >= 0.6 is 11.6 Å². The van der Waals surface area contributed by atoms with Crippen LogP contribution in [0.3, 0.4) is 0 Å². The maximum Gasteiger partial charge on any atom is 0.251 e. The summed E-state index contributed by atoms with van der Waals surface area (Å²) in [5, 5.41) is 0.771. The third-order valence-electron chi connectivity index (χ3n) is 3.78. The molecule has 110 valence electrons. The highest BCUT2D eigenvalue weighted by atomic mass is 35.5. The highest BCUT2D eigenvalue weighted by Gasteiger charge is 2.27. The molecule has 1 atom stereocenters. The number of para-hydroxylation sites is 1. The molecule has 20 heavy (non-hydrogen) atoms. The van der Waals surface area contributed by atoms with Crippen molar-refractivity contribution in [3.63, 3.8) is 0 Å². The highest BCUT2D eigenvalue weighted by Crippen LogP contribution is 2.26. The van der Waals surface area contributed by atoms with Gasteiger partial charge in [-0.2, -0.15) is 0 Å². The maximum atomic E-state index is 11.7. The van der Waals surface area contributed by atoms with Crippen LogP contribution in [0.4, 0.5) is 5.69 Å². The Labute approximate surface area is 124 Å². The van der Waals surface area contributed by atoms with E-state index in [1.54, 1.807) is 0 Å². The summed E-state index contributed by atoms with van der Waals surface area (Å²) in [7, 11) is 0. The van der Waals surface area contributed by atoms with Crippen LogP contribution in [0, 0.1) is 0 Å². The molecule has 1 heterocycles. The largest absolute Gasteiger partial charge is 0.368 e. The van der Waals surface area contributed by atoms with Gasteiger partial charge in [-0.25, -0.2) is 5.84 Å². The second kappa shape index (κ2) is 6.92. The number of carbonyl (C=O) groups excluding carboxylic acids is 1. The molecule has 1 saturated heterocycles. The number of piperazine rings is 1. The first kappa shape index (κ1) is 15.1. The number of rotatable bonds is 4. The molecule has 1 aromatic carbocycles. The highest BCUT2D eigenvalue weighted by molar-refractivity contribution is 6.33. The number of anilines is 1. The summed E-state index contributed by atoms with van der Waals surface area (Å²) in [6.07, 6.45) is 0.759. The van der Waals surface area contributed by atoms with Crippen LogP contribution in [0.15, 0.2) is 24.3 Å². The minimum atomic E-state index is -0.145. The molecule has 1 aliphatic rings. The van der Waals surface area contributed by atoms with Crippen molar-refractivity contribution in [1.82, 2.24) is 10.3 Å². The van der Waals surface area contributed by atoms with Crippen molar-refractivity contribution in [3.8, 4) is 0 Å². The molecule has 1 fully saturated rings. The van der Waals surface area contributed by atoms with Gasteiger partial charge < -0.3 is 4.90 Å². The Balaban J connectivity index is 1.99. The summed E-state index contributed by atoms with van der Waals surface area (Å²) in [6, 6.07) is 7.71. The molecule has 5 nitrogen and oxygen atoms in total. The van der Waals surface area contributed by atoms with E-state index in [1.165, 1.54) is 0 Å². The number of hydrogen-bond donors (Lipinski definition) is 2. The van der Waals surface area contributed by atoms with Crippen molar-refractivity contribution >= 4 is 23.2 Å². The van der Waals surface area contributed by atoms with Gasteiger partial charge in [0.25, 0.3) is 5.91 Å². The van der Waals surface area contributed by atoms with E-state index in [0.717, 1.165) is 43.3 Å². The lowest BCUT2D eigenvalue weighted by Gasteiger charge is -2.39. The SMILES string of the molecule is CCC(C(=O)NN)N1CCN(c2ccccc2Cl)CC1. The van der Waals surface area contributed by atoms with Crippen molar-refractivity contribution in [2.24, 2.45) is 5.84 Å². The van der Waals surface area contributed by atoms with Gasteiger partial charge >= 0.3 is 0 Å². The number of nitrogens with two attached hydrogens (primary N) is 1. The van der Waals surface area contributed by atoms with Crippen molar-refractivity contribution in [2.45, 2.75) is 19.4 Å². The fraction of sp³-hybridized carbons (Fsp3) is 0.500. The number of hydrazine groups is 1. The fourth-order valence-electron chi connectivity index (χ4n) is 2.69. The number of nitrogens with zero attached hydrogens (tertiary/aromatic N) is 2. The lowest BCUT2D eigenvalue weighted by molar-refractivity contribution is -0.126. The second-order valence-corrected chi connectivity index (χ2v) is 5.31. The van der Waals surface area contributed by atoms with Gasteiger partial charge in [0.2, 0.25) is 0 Å². The van der Waals surface area contributed by atoms with Crippen LogP contribution in [0.5, 0.6) is 0 Å². The summed E-state index contributed by atoms with van der Waals surface area (Å²) in [5.41, 5.74) is 3.31. The van der Waals surface area contributed by atoms with Gasteiger partial charge in [-0.1, -0.05) is 30.7 Å². The predicted molar refractivity (Wildman–Crippen MR) is 81.6 cm³/mol. The Hall–Kier alpha value is -1.30. The van der Waals surface area contributed by atoms with Crippen LogP contribution in [0.2, 0.25) is 5.02 Å². The fourth-order valence-corrected chi connectivity index (χ4v) is 2.94. The summed E-state index contributed by atoms with van der Waals surface area (Å²) < 4.78 is 0. The molecule has 0 aliphatic carbocycles. The molecule has 1 aliphatic heterocycles. The smallest absolute Gasteiger partial charge is 0.251 e. The van der Waals surface area contributed by atoms with E-state index in [4.69, 9.17) is 17.4 Å². The number of carbonyl (C=O) groups is 1. The average Bonchev–Trinajstić information content (AvgIpc) is 2.49. The molecule has 0 aromatic heterocycles. The van der Waals surface area contributed by atoms with E-state index in [1.807, 2.05) is 31.2 Å². The first-order chi connectivity index (χ1) is 9.67. The predicted octanol–water partition coefficient (Wildman–Crippen LogP) is 1.23. The van der Waals surface area contributed by atoms with Gasteiger partial charge in [-0.3, -0.25) is 15.1 Å². The van der Waals surface area contributed by atoms with Crippen molar-refractivity contribution in [2.75, 3.05) is 31.1 Å². The van der Waals surface area contributed by atoms with E-state index in [-0.39, 0.29) is 11.9 Å². The first-order valence-corrected chi connectivity index (χ1v) is 7.29. The summed E-state index contributed by atoms with van der Waals surface area (Å²) in [5.74, 6) is 5.13. The molecule has 1 aromatic rings. The Morgan fingerprint density at radius 3 is 2.55 bits per heavy atom. The summed E-state index contributed by atoms with van der Waals surface area (Å²) in [4.78, 5) is 16.2. The van der Waals surface area contributed by atoms with Gasteiger partial charge in [0.1, 0.15) is 0 Å². The molecule has 2 rings (SSSR count). The number of benzene rings is 1. The van der Waals surface area contributed by atoms with Crippen LogP contribution in [0.25, 0.3) is 0 Å². The van der Waals surface area contributed by atoms with Gasteiger partial charge in [-0.05, 0) is 18.6 Å². The summed E-state index contributed by atoms with van der Waals surface area (Å²) in [6.45, 7) is 5.38. The van der Waals surface area contributed by atoms with E-state index in [0.29, 0.717) is 0 Å². The molecule has 1 unspecified atom stereocenters. The number of hydrogen-bond acceptors (Lipinski definition) is 4. The van der Waals surface area contributed by atoms with E-state index in [9.17, 15) is 4.79 Å².